The Morgan fingerprint density at radius 1 is 1.64 bits per heavy atom. The molecule has 0 aliphatic heterocycles. The van der Waals surface area contributed by atoms with Crippen LogP contribution in [0.25, 0.3) is 0 Å². The predicted molar refractivity (Wildman–Crippen MR) is 58.2 cm³/mol. The highest BCUT2D eigenvalue weighted by atomic mass is 35.5. The molecule has 0 saturated heterocycles. The minimum Gasteiger partial charge on any atom is -0.381 e. The van der Waals surface area contributed by atoms with Crippen molar-refractivity contribution in [3.05, 3.63) is 40.7 Å². The summed E-state index contributed by atoms with van der Waals surface area (Å²) in [6, 6.07) is 3.44. The van der Waals surface area contributed by atoms with E-state index >= 15 is 0 Å². The van der Waals surface area contributed by atoms with Gasteiger partial charge in [-0.1, -0.05) is 17.7 Å². The maximum Gasteiger partial charge on any atom is 0.129 e. The van der Waals surface area contributed by atoms with Gasteiger partial charge in [-0.15, -0.1) is 0 Å². The molecule has 0 saturated carbocycles. The molecule has 0 amide bonds. The van der Waals surface area contributed by atoms with Gasteiger partial charge < -0.3 is 5.11 Å². The molecule has 76 valence electrons. The largest absolute Gasteiger partial charge is 0.381 e. The molecule has 0 spiro atoms. The third-order valence-electron chi connectivity index (χ3n) is 2.49. The number of allylic oxidation sites excluding steroid dienone is 1. The van der Waals surface area contributed by atoms with Crippen LogP contribution in [-0.4, -0.2) is 10.1 Å². The van der Waals surface area contributed by atoms with Crippen molar-refractivity contribution in [2.75, 3.05) is 0 Å². The van der Waals surface area contributed by atoms with Crippen LogP contribution in [0.3, 0.4) is 0 Å². The van der Waals surface area contributed by atoms with Crippen molar-refractivity contribution in [3.63, 3.8) is 0 Å². The van der Waals surface area contributed by atoms with Gasteiger partial charge in [0.25, 0.3) is 0 Å². The van der Waals surface area contributed by atoms with E-state index in [1.807, 2.05) is 19.9 Å². The summed E-state index contributed by atoms with van der Waals surface area (Å²) in [5, 5.41) is 10.6. The monoisotopic (exact) mass is 211 g/mol. The predicted octanol–water partition coefficient (Wildman–Crippen LogP) is 2.91. The van der Waals surface area contributed by atoms with E-state index in [0.29, 0.717) is 5.15 Å². The molecule has 1 N–H and O–H groups in total. The van der Waals surface area contributed by atoms with Gasteiger partial charge in [0.05, 0.1) is 0 Å². The van der Waals surface area contributed by atoms with Crippen molar-refractivity contribution in [2.45, 2.75) is 26.4 Å². The second kappa shape index (κ2) is 4.11. The Hall–Kier alpha value is -0.860. The van der Waals surface area contributed by atoms with Crippen molar-refractivity contribution in [2.24, 2.45) is 0 Å². The first kappa shape index (κ1) is 11.2. The normalized spacial score (nSPS) is 16.5. The Morgan fingerprint density at radius 2 is 2.29 bits per heavy atom. The Bertz CT molecular complexity index is 358. The minimum absolute atomic E-state index is 0.395. The summed E-state index contributed by atoms with van der Waals surface area (Å²) in [5.74, 6) is 0. The molecule has 0 aliphatic carbocycles. The molecule has 3 heteroatoms. The molecule has 0 radical (unpaired) electrons. The van der Waals surface area contributed by atoms with Crippen LogP contribution < -0.4 is 0 Å². The molecule has 1 aromatic heterocycles. The van der Waals surface area contributed by atoms with E-state index in [0.717, 1.165) is 11.1 Å². The summed E-state index contributed by atoms with van der Waals surface area (Å²) in [7, 11) is 0. The Balaban J connectivity index is 3.16. The maximum absolute atomic E-state index is 10.2. The fourth-order valence-electron chi connectivity index (χ4n) is 1.21. The van der Waals surface area contributed by atoms with Gasteiger partial charge >= 0.3 is 0 Å². The summed E-state index contributed by atoms with van der Waals surface area (Å²) in [5.41, 5.74) is 0.675. The summed E-state index contributed by atoms with van der Waals surface area (Å²) in [4.78, 5) is 3.87. The lowest BCUT2D eigenvalue weighted by molar-refractivity contribution is 0.0972. The molecular weight excluding hydrogens is 198 g/mol. The van der Waals surface area contributed by atoms with E-state index in [1.165, 1.54) is 0 Å². The van der Waals surface area contributed by atoms with Crippen LogP contribution in [0.1, 0.15) is 26.3 Å². The van der Waals surface area contributed by atoms with E-state index in [4.69, 9.17) is 11.6 Å². The van der Waals surface area contributed by atoms with Crippen LogP contribution in [0.5, 0.6) is 0 Å². The molecule has 0 aromatic carbocycles. The molecular formula is C11H14ClNO. The number of pyridine rings is 1. The number of rotatable bonds is 2. The average molecular weight is 212 g/mol. The molecule has 1 heterocycles. The van der Waals surface area contributed by atoms with Gasteiger partial charge in [-0.2, -0.15) is 0 Å². The minimum atomic E-state index is -0.971. The van der Waals surface area contributed by atoms with Crippen LogP contribution >= 0.6 is 11.6 Å². The van der Waals surface area contributed by atoms with Crippen molar-refractivity contribution >= 4 is 11.6 Å². The third kappa shape index (κ3) is 2.14. The molecule has 0 aliphatic rings. The fourth-order valence-corrected chi connectivity index (χ4v) is 1.39. The first-order valence-electron chi connectivity index (χ1n) is 4.46. The van der Waals surface area contributed by atoms with Gasteiger partial charge in [0.2, 0.25) is 0 Å². The van der Waals surface area contributed by atoms with Gasteiger partial charge in [-0.05, 0) is 44.0 Å². The second-order valence-electron chi connectivity index (χ2n) is 3.41. The number of aromatic nitrogens is 1. The van der Waals surface area contributed by atoms with Gasteiger partial charge in [0.15, 0.2) is 0 Å². The first-order chi connectivity index (χ1) is 6.48. The van der Waals surface area contributed by atoms with Crippen LogP contribution in [-0.2, 0) is 5.60 Å². The number of hydrogen-bond donors (Lipinski definition) is 1. The number of nitrogens with zero attached hydrogens (tertiary/aromatic N) is 1. The zero-order valence-corrected chi connectivity index (χ0v) is 9.34. The molecule has 14 heavy (non-hydrogen) atoms. The van der Waals surface area contributed by atoms with Crippen molar-refractivity contribution < 1.29 is 5.11 Å². The van der Waals surface area contributed by atoms with Crippen molar-refractivity contribution in [1.29, 1.82) is 0 Å². The Labute approximate surface area is 89.2 Å². The lowest BCUT2D eigenvalue weighted by atomic mass is 9.89. The zero-order valence-electron chi connectivity index (χ0n) is 8.58. The van der Waals surface area contributed by atoms with Crippen molar-refractivity contribution in [1.82, 2.24) is 4.98 Å². The highest BCUT2D eigenvalue weighted by Gasteiger charge is 2.24. The van der Waals surface area contributed by atoms with E-state index in [9.17, 15) is 5.11 Å². The van der Waals surface area contributed by atoms with E-state index in [-0.39, 0.29) is 0 Å². The summed E-state index contributed by atoms with van der Waals surface area (Å²) in [6.07, 6.45) is 3.48. The quantitative estimate of drug-likeness (QED) is 0.603. The molecule has 2 nitrogen and oxygen atoms in total. The number of hydrogen-bond acceptors (Lipinski definition) is 2. The van der Waals surface area contributed by atoms with Crippen LogP contribution in [0.15, 0.2) is 30.0 Å². The molecule has 0 fully saturated rings. The summed E-state index contributed by atoms with van der Waals surface area (Å²) in [6.45, 7) is 5.52. The van der Waals surface area contributed by atoms with Gasteiger partial charge in [0.1, 0.15) is 10.8 Å². The van der Waals surface area contributed by atoms with E-state index < -0.39 is 5.60 Å². The summed E-state index contributed by atoms with van der Waals surface area (Å²) >= 11 is 5.76. The smallest absolute Gasteiger partial charge is 0.129 e. The lowest BCUT2D eigenvalue weighted by Gasteiger charge is -2.24. The number of aliphatic hydroxyl groups is 1. The van der Waals surface area contributed by atoms with Crippen LogP contribution in [0.4, 0.5) is 0 Å². The molecule has 0 bridgehead atoms. The molecule has 1 rings (SSSR count). The third-order valence-corrected chi connectivity index (χ3v) is 2.70. The SMILES string of the molecule is CC=C(C)C(C)(O)c1ccnc(Cl)c1. The molecule has 1 unspecified atom stereocenters. The highest BCUT2D eigenvalue weighted by molar-refractivity contribution is 6.29. The van der Waals surface area contributed by atoms with Crippen LogP contribution in [0.2, 0.25) is 5.15 Å². The number of halogens is 1. The van der Waals surface area contributed by atoms with Gasteiger partial charge in [-0.3, -0.25) is 0 Å². The van der Waals surface area contributed by atoms with Crippen LogP contribution in [0, 0.1) is 0 Å². The topological polar surface area (TPSA) is 33.1 Å². The zero-order chi connectivity index (χ0) is 10.8. The Morgan fingerprint density at radius 3 is 2.79 bits per heavy atom. The second-order valence-corrected chi connectivity index (χ2v) is 3.80. The van der Waals surface area contributed by atoms with E-state index in [2.05, 4.69) is 4.98 Å². The van der Waals surface area contributed by atoms with E-state index in [1.54, 1.807) is 25.3 Å². The highest BCUT2D eigenvalue weighted by Crippen LogP contribution is 2.29. The fraction of sp³-hybridized carbons (Fsp3) is 0.364. The average Bonchev–Trinajstić information content (AvgIpc) is 2.16. The molecule has 1 aromatic rings. The molecule has 1 atom stereocenters. The lowest BCUT2D eigenvalue weighted by Crippen LogP contribution is -2.22. The van der Waals surface area contributed by atoms with Crippen molar-refractivity contribution in [3.8, 4) is 0 Å². The van der Waals surface area contributed by atoms with Gasteiger partial charge in [-0.25, -0.2) is 4.98 Å². The first-order valence-corrected chi connectivity index (χ1v) is 4.84. The maximum atomic E-state index is 10.2. The summed E-state index contributed by atoms with van der Waals surface area (Å²) < 4.78 is 0. The Kier molecular flexibility index (Phi) is 3.29. The standard InChI is InChI=1S/C11H14ClNO/c1-4-8(2)11(3,14)9-5-6-13-10(12)7-9/h4-7,14H,1-3H3. The van der Waals surface area contributed by atoms with Gasteiger partial charge in [0, 0.05) is 6.20 Å².